The van der Waals surface area contributed by atoms with E-state index in [4.69, 9.17) is 14.2 Å². The van der Waals surface area contributed by atoms with E-state index >= 15 is 0 Å². The molecular weight excluding hydrogens is 470 g/mol. The largest absolute Gasteiger partial charge is 0.480 e. The van der Waals surface area contributed by atoms with E-state index in [9.17, 15) is 9.90 Å². The number of ether oxygens (including phenoxy) is 3. The monoisotopic (exact) mass is 505 g/mol. The summed E-state index contributed by atoms with van der Waals surface area (Å²) in [4.78, 5) is 22.9. The van der Waals surface area contributed by atoms with Crippen molar-refractivity contribution in [1.82, 2.24) is 14.9 Å². The molecule has 0 aliphatic carbocycles. The van der Waals surface area contributed by atoms with Crippen molar-refractivity contribution in [3.8, 4) is 28.9 Å². The Labute approximate surface area is 218 Å². The molecule has 1 aliphatic rings. The van der Waals surface area contributed by atoms with Crippen LogP contribution >= 0.6 is 0 Å². The van der Waals surface area contributed by atoms with Gasteiger partial charge in [0.05, 0.1) is 18.8 Å². The van der Waals surface area contributed by atoms with Crippen LogP contribution < -0.4 is 14.2 Å². The smallest absolute Gasteiger partial charge is 0.323 e. The van der Waals surface area contributed by atoms with Crippen molar-refractivity contribution >= 4 is 5.97 Å². The maximum atomic E-state index is 11.8. The molecule has 1 fully saturated rings. The van der Waals surface area contributed by atoms with Crippen LogP contribution in [0.4, 0.5) is 0 Å². The molecule has 0 unspecified atom stereocenters. The summed E-state index contributed by atoms with van der Waals surface area (Å²) < 4.78 is 17.8. The lowest BCUT2D eigenvalue weighted by atomic mass is 9.97. The van der Waals surface area contributed by atoms with Gasteiger partial charge in [-0.3, -0.25) is 9.69 Å². The molecule has 0 bridgehead atoms. The van der Waals surface area contributed by atoms with E-state index in [2.05, 4.69) is 35.1 Å². The molecule has 1 N–H and O–H groups in total. The molecule has 4 rings (SSSR count). The highest BCUT2D eigenvalue weighted by atomic mass is 16.5. The minimum Gasteiger partial charge on any atom is -0.480 e. The van der Waals surface area contributed by atoms with E-state index in [0.29, 0.717) is 50.0 Å². The van der Waals surface area contributed by atoms with E-state index in [-0.39, 0.29) is 12.6 Å². The molecule has 8 heteroatoms. The van der Waals surface area contributed by atoms with Crippen LogP contribution in [-0.2, 0) is 17.9 Å². The first kappa shape index (κ1) is 26.4. The number of nitrogens with zero attached hydrogens (tertiary/aromatic N) is 3. The number of hydrogen-bond acceptors (Lipinski definition) is 7. The normalized spacial score (nSPS) is 15.8. The minimum absolute atomic E-state index is 0.161. The van der Waals surface area contributed by atoms with E-state index < -0.39 is 12.0 Å². The van der Waals surface area contributed by atoms with Gasteiger partial charge in [0.1, 0.15) is 12.6 Å². The summed E-state index contributed by atoms with van der Waals surface area (Å²) in [5.74, 6) is -0.0922. The van der Waals surface area contributed by atoms with Crippen LogP contribution in [0, 0.1) is 6.92 Å². The molecule has 2 heterocycles. The zero-order chi connectivity index (χ0) is 26.2. The molecule has 0 spiro atoms. The number of rotatable bonds is 11. The highest BCUT2D eigenvalue weighted by molar-refractivity contribution is 5.73. The molecule has 0 amide bonds. The van der Waals surface area contributed by atoms with Gasteiger partial charge in [0.25, 0.3) is 0 Å². The highest BCUT2D eigenvalue weighted by Crippen LogP contribution is 2.32. The van der Waals surface area contributed by atoms with Crippen molar-refractivity contribution in [3.63, 3.8) is 0 Å². The Balaban J connectivity index is 1.60. The van der Waals surface area contributed by atoms with Crippen LogP contribution in [0.2, 0.25) is 0 Å². The number of aliphatic carboxylic acids is 1. The van der Waals surface area contributed by atoms with Crippen molar-refractivity contribution in [3.05, 3.63) is 65.2 Å². The van der Waals surface area contributed by atoms with Crippen LogP contribution in [0.15, 0.2) is 48.5 Å². The third kappa shape index (κ3) is 6.38. The van der Waals surface area contributed by atoms with Gasteiger partial charge in [-0.25, -0.2) is 0 Å². The molecule has 0 radical (unpaired) electrons. The summed E-state index contributed by atoms with van der Waals surface area (Å²) in [5, 5.41) is 9.71. The van der Waals surface area contributed by atoms with E-state index in [1.54, 1.807) is 0 Å². The van der Waals surface area contributed by atoms with E-state index in [0.717, 1.165) is 35.1 Å². The van der Waals surface area contributed by atoms with Crippen LogP contribution in [0.3, 0.4) is 0 Å². The summed E-state index contributed by atoms with van der Waals surface area (Å²) in [6.45, 7) is 7.95. The number of likely N-dealkylation sites (tertiary alicyclic amines) is 1. The van der Waals surface area contributed by atoms with Gasteiger partial charge in [0.2, 0.25) is 11.8 Å². The van der Waals surface area contributed by atoms with Crippen molar-refractivity contribution in [2.75, 3.05) is 19.8 Å². The third-order valence-corrected chi connectivity index (χ3v) is 6.62. The number of piperidine rings is 1. The molecule has 1 aromatic heterocycles. The Morgan fingerprint density at radius 2 is 1.68 bits per heavy atom. The summed E-state index contributed by atoms with van der Waals surface area (Å²) in [7, 11) is 0. The van der Waals surface area contributed by atoms with Gasteiger partial charge in [-0.05, 0) is 62.4 Å². The van der Waals surface area contributed by atoms with Crippen molar-refractivity contribution in [2.24, 2.45) is 0 Å². The fraction of sp³-hybridized carbons (Fsp3) is 0.414. The first-order chi connectivity index (χ1) is 18.0. The first-order valence-electron chi connectivity index (χ1n) is 12.9. The fourth-order valence-corrected chi connectivity index (χ4v) is 4.71. The molecule has 0 saturated carbocycles. The average Bonchev–Trinajstić information content (AvgIpc) is 2.91. The van der Waals surface area contributed by atoms with E-state index in [1.165, 1.54) is 0 Å². The molecule has 1 aliphatic heterocycles. The second-order valence-electron chi connectivity index (χ2n) is 9.03. The SMILES string of the molecule is CCOc1nc(OCc2cccc(-c3ccccc3)c2C)nc(OCC)c1CN1CCCC[C@H]1C(=O)O. The van der Waals surface area contributed by atoms with Gasteiger partial charge in [-0.2, -0.15) is 9.97 Å². The topological polar surface area (TPSA) is 94.0 Å². The van der Waals surface area contributed by atoms with Gasteiger partial charge < -0.3 is 19.3 Å². The van der Waals surface area contributed by atoms with Crippen LogP contribution in [-0.4, -0.2) is 51.7 Å². The van der Waals surface area contributed by atoms with E-state index in [1.807, 2.05) is 49.1 Å². The predicted molar refractivity (Wildman–Crippen MR) is 141 cm³/mol. The maximum Gasteiger partial charge on any atom is 0.323 e. The molecule has 3 aromatic rings. The number of carbonyl (C=O) groups is 1. The minimum atomic E-state index is -0.815. The Kier molecular flexibility index (Phi) is 8.95. The summed E-state index contributed by atoms with van der Waals surface area (Å²) in [6, 6.07) is 16.0. The van der Waals surface area contributed by atoms with Crippen LogP contribution in [0.25, 0.3) is 11.1 Å². The Morgan fingerprint density at radius 3 is 2.32 bits per heavy atom. The van der Waals surface area contributed by atoms with Gasteiger partial charge >= 0.3 is 12.0 Å². The first-order valence-corrected chi connectivity index (χ1v) is 12.9. The Hall–Kier alpha value is -3.65. The Bertz CT molecular complexity index is 1170. The standard InChI is InChI=1S/C29H35N3O5/c1-4-35-26-24(18-32-17-10-9-16-25(32)28(33)34)27(36-5-2)31-29(30-26)37-19-22-14-11-15-23(20(22)3)21-12-7-6-8-13-21/h6-8,11-15,25H,4-5,9-10,16-19H2,1-3H3,(H,33,34)/t25-/m0/s1. The predicted octanol–water partition coefficient (Wildman–Crippen LogP) is 5.27. The van der Waals surface area contributed by atoms with Gasteiger partial charge in [-0.1, -0.05) is 55.0 Å². The van der Waals surface area contributed by atoms with Crippen LogP contribution in [0.1, 0.15) is 49.8 Å². The zero-order valence-corrected chi connectivity index (χ0v) is 21.8. The van der Waals surface area contributed by atoms with Crippen molar-refractivity contribution < 1.29 is 24.1 Å². The molecule has 1 saturated heterocycles. The number of carboxylic acid groups (broad SMARTS) is 1. The van der Waals surface area contributed by atoms with Gasteiger partial charge in [0, 0.05) is 6.54 Å². The second kappa shape index (κ2) is 12.5. The Morgan fingerprint density at radius 1 is 0.973 bits per heavy atom. The summed E-state index contributed by atoms with van der Waals surface area (Å²) in [6.07, 6.45) is 2.46. The number of carboxylic acids is 1. The highest BCUT2D eigenvalue weighted by Gasteiger charge is 2.31. The second-order valence-corrected chi connectivity index (χ2v) is 9.03. The van der Waals surface area contributed by atoms with Gasteiger partial charge in [0.15, 0.2) is 0 Å². The van der Waals surface area contributed by atoms with Gasteiger partial charge in [-0.15, -0.1) is 0 Å². The molecule has 2 aromatic carbocycles. The lowest BCUT2D eigenvalue weighted by Gasteiger charge is -2.33. The average molecular weight is 506 g/mol. The lowest BCUT2D eigenvalue weighted by Crippen LogP contribution is -2.44. The lowest BCUT2D eigenvalue weighted by molar-refractivity contribution is -0.144. The zero-order valence-electron chi connectivity index (χ0n) is 21.8. The molecule has 1 atom stereocenters. The number of aromatic nitrogens is 2. The molecule has 37 heavy (non-hydrogen) atoms. The number of hydrogen-bond donors (Lipinski definition) is 1. The van der Waals surface area contributed by atoms with Crippen molar-refractivity contribution in [1.29, 1.82) is 0 Å². The summed E-state index contributed by atoms with van der Waals surface area (Å²) in [5.41, 5.74) is 5.11. The quantitative estimate of drug-likeness (QED) is 0.377. The number of benzene rings is 2. The molecule has 196 valence electrons. The molecular formula is C29H35N3O5. The molecule has 8 nitrogen and oxygen atoms in total. The third-order valence-electron chi connectivity index (χ3n) is 6.62. The maximum absolute atomic E-state index is 11.8. The van der Waals surface area contributed by atoms with Crippen molar-refractivity contribution in [2.45, 2.75) is 59.2 Å². The summed E-state index contributed by atoms with van der Waals surface area (Å²) >= 11 is 0. The fourth-order valence-electron chi connectivity index (χ4n) is 4.71. The van der Waals surface area contributed by atoms with Crippen LogP contribution in [0.5, 0.6) is 17.8 Å².